The summed E-state index contributed by atoms with van der Waals surface area (Å²) in [4.78, 5) is 25.2. The lowest BCUT2D eigenvalue weighted by Crippen LogP contribution is -2.37. The van der Waals surface area contributed by atoms with Gasteiger partial charge in [-0.25, -0.2) is 13.2 Å². The molecule has 0 amide bonds. The maximum Gasteiger partial charge on any atom is 0.340 e. The van der Waals surface area contributed by atoms with Gasteiger partial charge in [-0.3, -0.25) is 13.7 Å². The number of ether oxygens (including phenoxy) is 1. The van der Waals surface area contributed by atoms with Crippen molar-refractivity contribution < 1.29 is 22.7 Å². The van der Waals surface area contributed by atoms with E-state index in [2.05, 4.69) is 0 Å². The lowest BCUT2D eigenvalue weighted by atomic mass is 10.1. The third-order valence-electron chi connectivity index (χ3n) is 4.70. The van der Waals surface area contributed by atoms with Gasteiger partial charge in [-0.15, -0.1) is 0 Å². The number of methoxy groups -OCH3 is 1. The molecule has 8 heteroatoms. The first-order chi connectivity index (χ1) is 13.6. The van der Waals surface area contributed by atoms with E-state index in [0.717, 1.165) is 21.7 Å². The van der Waals surface area contributed by atoms with E-state index in [1.165, 1.54) is 17.9 Å². The first-order valence-electron chi connectivity index (χ1n) is 8.90. The quantitative estimate of drug-likeness (QED) is 0.599. The highest BCUT2D eigenvalue weighted by Gasteiger charge is 2.25. The number of anilines is 1. The zero-order chi connectivity index (χ0) is 21.3. The van der Waals surface area contributed by atoms with Gasteiger partial charge in [0, 0.05) is 11.6 Å². The fraction of sp³-hybridized carbons (Fsp3) is 0.238. The lowest BCUT2D eigenvalue weighted by Gasteiger charge is -2.24. The second-order valence-corrected chi connectivity index (χ2v) is 8.78. The summed E-state index contributed by atoms with van der Waals surface area (Å²) >= 11 is 0. The van der Waals surface area contributed by atoms with Crippen molar-refractivity contribution in [1.82, 2.24) is 4.57 Å². The molecule has 0 aliphatic rings. The molecule has 1 heterocycles. The molecule has 0 spiro atoms. The first-order valence-corrected chi connectivity index (χ1v) is 10.7. The standard InChI is InChI=1S/C21H22N2O5S/c1-14-9-10-15(2)19(11-14)23(29(4,26)27)13-20(24)22-12-17(21(25)28-3)16-7-5-6-8-18(16)22/h5-12H,13H2,1-4H3. The van der Waals surface area contributed by atoms with Gasteiger partial charge in [0.25, 0.3) is 5.91 Å². The molecular weight excluding hydrogens is 392 g/mol. The van der Waals surface area contributed by atoms with Crippen LogP contribution in [0.4, 0.5) is 5.69 Å². The average molecular weight is 414 g/mol. The summed E-state index contributed by atoms with van der Waals surface area (Å²) < 4.78 is 32.1. The van der Waals surface area contributed by atoms with Crippen LogP contribution in [-0.4, -0.2) is 44.8 Å². The number of sulfonamides is 1. The van der Waals surface area contributed by atoms with Crippen molar-refractivity contribution in [3.63, 3.8) is 0 Å². The molecule has 0 saturated carbocycles. The Labute approximate surface area is 169 Å². The van der Waals surface area contributed by atoms with E-state index >= 15 is 0 Å². The van der Waals surface area contributed by atoms with Crippen molar-refractivity contribution in [3.05, 3.63) is 65.4 Å². The van der Waals surface area contributed by atoms with E-state index in [9.17, 15) is 18.0 Å². The maximum atomic E-state index is 13.1. The van der Waals surface area contributed by atoms with E-state index in [0.29, 0.717) is 16.6 Å². The van der Waals surface area contributed by atoms with Gasteiger partial charge in [-0.2, -0.15) is 0 Å². The zero-order valence-corrected chi connectivity index (χ0v) is 17.5. The Morgan fingerprint density at radius 1 is 1.10 bits per heavy atom. The monoisotopic (exact) mass is 414 g/mol. The highest BCUT2D eigenvalue weighted by atomic mass is 32.2. The number of aromatic nitrogens is 1. The number of esters is 1. The Balaban J connectivity index is 2.08. The lowest BCUT2D eigenvalue weighted by molar-refractivity contribution is 0.0603. The topological polar surface area (TPSA) is 85.7 Å². The van der Waals surface area contributed by atoms with Crippen LogP contribution < -0.4 is 4.31 Å². The van der Waals surface area contributed by atoms with E-state index in [-0.39, 0.29) is 5.56 Å². The minimum Gasteiger partial charge on any atom is -0.465 e. The molecule has 0 aliphatic heterocycles. The van der Waals surface area contributed by atoms with Crippen LogP contribution in [0.25, 0.3) is 10.9 Å². The van der Waals surface area contributed by atoms with Crippen LogP contribution in [0.15, 0.2) is 48.7 Å². The van der Waals surface area contributed by atoms with Crippen LogP contribution in [0, 0.1) is 13.8 Å². The summed E-state index contributed by atoms with van der Waals surface area (Å²) in [5.41, 5.74) is 2.82. The van der Waals surface area contributed by atoms with E-state index < -0.39 is 28.4 Å². The Bertz CT molecular complexity index is 1210. The molecule has 29 heavy (non-hydrogen) atoms. The molecule has 0 fully saturated rings. The van der Waals surface area contributed by atoms with Gasteiger partial charge in [0.1, 0.15) is 6.54 Å². The van der Waals surface area contributed by atoms with Crippen LogP contribution in [-0.2, 0) is 14.8 Å². The van der Waals surface area contributed by atoms with Crippen molar-refractivity contribution in [2.45, 2.75) is 13.8 Å². The highest BCUT2D eigenvalue weighted by Crippen LogP contribution is 2.26. The third-order valence-corrected chi connectivity index (χ3v) is 5.82. The number of carbonyl (C=O) groups is 2. The van der Waals surface area contributed by atoms with E-state index in [1.807, 2.05) is 19.1 Å². The number of nitrogens with zero attached hydrogens (tertiary/aromatic N) is 2. The number of hydrogen-bond acceptors (Lipinski definition) is 5. The van der Waals surface area contributed by atoms with Gasteiger partial charge >= 0.3 is 5.97 Å². The summed E-state index contributed by atoms with van der Waals surface area (Å²) in [5, 5.41) is 0.561. The minimum atomic E-state index is -3.72. The van der Waals surface area contributed by atoms with Crippen molar-refractivity contribution in [2.75, 3.05) is 24.2 Å². The molecule has 3 aromatic rings. The van der Waals surface area contributed by atoms with Crippen molar-refractivity contribution in [3.8, 4) is 0 Å². The van der Waals surface area contributed by atoms with Crippen LogP contribution in [0.2, 0.25) is 0 Å². The Morgan fingerprint density at radius 2 is 1.79 bits per heavy atom. The number of aryl methyl sites for hydroxylation is 2. The number of rotatable bonds is 5. The van der Waals surface area contributed by atoms with Crippen LogP contribution in [0.1, 0.15) is 26.3 Å². The number of hydrogen-bond donors (Lipinski definition) is 0. The summed E-state index contributed by atoms with van der Waals surface area (Å²) in [6.45, 7) is 3.24. The molecule has 1 aromatic heterocycles. The van der Waals surface area contributed by atoms with Gasteiger partial charge in [-0.05, 0) is 37.1 Å². The highest BCUT2D eigenvalue weighted by molar-refractivity contribution is 7.92. The number of fused-ring (bicyclic) bond motifs is 1. The Kier molecular flexibility index (Phi) is 5.48. The van der Waals surface area contributed by atoms with Crippen molar-refractivity contribution in [2.24, 2.45) is 0 Å². The predicted molar refractivity (Wildman–Crippen MR) is 112 cm³/mol. The van der Waals surface area contributed by atoms with Gasteiger partial charge in [0.05, 0.1) is 30.1 Å². The second kappa shape index (κ2) is 7.71. The fourth-order valence-electron chi connectivity index (χ4n) is 3.23. The minimum absolute atomic E-state index is 0.245. The molecule has 152 valence electrons. The number of carbonyl (C=O) groups excluding carboxylic acids is 2. The third kappa shape index (κ3) is 4.02. The number of para-hydroxylation sites is 1. The molecular formula is C21H22N2O5S. The summed E-state index contributed by atoms with van der Waals surface area (Å²) in [6.07, 6.45) is 2.46. The molecule has 2 aromatic carbocycles. The van der Waals surface area contributed by atoms with E-state index in [4.69, 9.17) is 4.74 Å². The second-order valence-electron chi connectivity index (χ2n) is 6.87. The van der Waals surface area contributed by atoms with Crippen LogP contribution in [0.5, 0.6) is 0 Å². The fourth-order valence-corrected chi connectivity index (χ4v) is 4.13. The van der Waals surface area contributed by atoms with Gasteiger partial charge in [-0.1, -0.05) is 30.3 Å². The van der Waals surface area contributed by atoms with Crippen LogP contribution >= 0.6 is 0 Å². The molecule has 3 rings (SSSR count). The van der Waals surface area contributed by atoms with Crippen molar-refractivity contribution >= 4 is 38.5 Å². The normalized spacial score (nSPS) is 11.4. The van der Waals surface area contributed by atoms with Gasteiger partial charge < -0.3 is 4.74 Å². The summed E-state index contributed by atoms with van der Waals surface area (Å²) in [5.74, 6) is -1.05. The molecule has 0 bridgehead atoms. The molecule has 0 atom stereocenters. The zero-order valence-electron chi connectivity index (χ0n) is 16.7. The average Bonchev–Trinajstić information content (AvgIpc) is 3.06. The SMILES string of the molecule is COC(=O)c1cn(C(=O)CN(c2cc(C)ccc2C)S(C)(=O)=O)c2ccccc12. The van der Waals surface area contributed by atoms with E-state index in [1.54, 1.807) is 37.3 Å². The largest absolute Gasteiger partial charge is 0.465 e. The van der Waals surface area contributed by atoms with Gasteiger partial charge in [0.15, 0.2) is 0 Å². The number of benzene rings is 2. The molecule has 0 aliphatic carbocycles. The summed E-state index contributed by atoms with van der Waals surface area (Å²) in [6, 6.07) is 12.3. The molecule has 0 radical (unpaired) electrons. The van der Waals surface area contributed by atoms with Crippen molar-refractivity contribution in [1.29, 1.82) is 0 Å². The van der Waals surface area contributed by atoms with Gasteiger partial charge in [0.2, 0.25) is 10.0 Å². The smallest absolute Gasteiger partial charge is 0.340 e. The molecule has 0 N–H and O–H groups in total. The molecule has 0 unspecified atom stereocenters. The Hall–Kier alpha value is -3.13. The molecule has 7 nitrogen and oxygen atoms in total. The summed E-state index contributed by atoms with van der Waals surface area (Å²) in [7, 11) is -2.45. The Morgan fingerprint density at radius 3 is 2.45 bits per heavy atom. The molecule has 0 saturated heterocycles. The first kappa shape index (κ1) is 20.6. The maximum absolute atomic E-state index is 13.1. The predicted octanol–water partition coefficient (Wildman–Crippen LogP) is 3.15. The van der Waals surface area contributed by atoms with Crippen LogP contribution in [0.3, 0.4) is 0 Å².